The SMILES string of the molecule is Cn1cnc(S(=O)(=O)Nc2sccc2C#N)c1Cl. The highest BCUT2D eigenvalue weighted by atomic mass is 35.5. The fraction of sp³-hybridized carbons (Fsp3) is 0.111. The lowest BCUT2D eigenvalue weighted by Crippen LogP contribution is -2.13. The van der Waals surface area contributed by atoms with Crippen molar-refractivity contribution in [3.8, 4) is 6.07 Å². The summed E-state index contributed by atoms with van der Waals surface area (Å²) in [5.41, 5.74) is 0.260. The monoisotopic (exact) mass is 302 g/mol. The third-order valence-corrected chi connectivity index (χ3v) is 4.90. The fourth-order valence-corrected chi connectivity index (χ4v) is 3.72. The highest BCUT2D eigenvalue weighted by Crippen LogP contribution is 2.27. The summed E-state index contributed by atoms with van der Waals surface area (Å²) < 4.78 is 27.7. The molecule has 0 bridgehead atoms. The summed E-state index contributed by atoms with van der Waals surface area (Å²) in [6.45, 7) is 0. The Hall–Kier alpha value is -1.56. The van der Waals surface area contributed by atoms with Crippen molar-refractivity contribution in [2.45, 2.75) is 5.03 Å². The second kappa shape index (κ2) is 4.61. The highest BCUT2D eigenvalue weighted by Gasteiger charge is 2.23. The van der Waals surface area contributed by atoms with Crippen LogP contribution in [-0.4, -0.2) is 18.0 Å². The van der Waals surface area contributed by atoms with Crippen LogP contribution in [0.2, 0.25) is 5.15 Å². The van der Waals surface area contributed by atoms with Crippen molar-refractivity contribution in [2.24, 2.45) is 7.05 Å². The summed E-state index contributed by atoms with van der Waals surface area (Å²) >= 11 is 6.94. The molecule has 0 fully saturated rings. The zero-order valence-corrected chi connectivity index (χ0v) is 11.5. The minimum Gasteiger partial charge on any atom is -0.324 e. The van der Waals surface area contributed by atoms with Crippen LogP contribution in [0.3, 0.4) is 0 Å². The second-order valence-electron chi connectivity index (χ2n) is 3.33. The van der Waals surface area contributed by atoms with Gasteiger partial charge in [-0.1, -0.05) is 11.6 Å². The van der Waals surface area contributed by atoms with Crippen molar-refractivity contribution < 1.29 is 8.42 Å². The number of rotatable bonds is 3. The Morgan fingerprint density at radius 3 is 2.89 bits per heavy atom. The van der Waals surface area contributed by atoms with Crippen molar-refractivity contribution in [2.75, 3.05) is 4.72 Å². The summed E-state index contributed by atoms with van der Waals surface area (Å²) in [5, 5.41) is 10.4. The molecule has 0 saturated heterocycles. The molecule has 0 aliphatic rings. The van der Waals surface area contributed by atoms with E-state index in [1.165, 1.54) is 17.0 Å². The average molecular weight is 303 g/mol. The number of thiophene rings is 1. The van der Waals surface area contributed by atoms with Crippen molar-refractivity contribution in [1.29, 1.82) is 5.26 Å². The quantitative estimate of drug-likeness (QED) is 0.936. The van der Waals surface area contributed by atoms with Crippen LogP contribution in [0, 0.1) is 11.3 Å². The van der Waals surface area contributed by atoms with E-state index in [2.05, 4.69) is 9.71 Å². The topological polar surface area (TPSA) is 87.8 Å². The van der Waals surface area contributed by atoms with Gasteiger partial charge in [0, 0.05) is 7.05 Å². The molecule has 9 heteroatoms. The summed E-state index contributed by atoms with van der Waals surface area (Å²) in [6.07, 6.45) is 1.30. The van der Waals surface area contributed by atoms with Gasteiger partial charge in [-0.25, -0.2) is 4.98 Å². The predicted molar refractivity (Wildman–Crippen MR) is 68.1 cm³/mol. The molecule has 0 aromatic carbocycles. The number of imidazole rings is 1. The van der Waals surface area contributed by atoms with Gasteiger partial charge in [0.25, 0.3) is 10.0 Å². The molecule has 0 radical (unpaired) electrons. The van der Waals surface area contributed by atoms with Gasteiger partial charge < -0.3 is 4.57 Å². The van der Waals surface area contributed by atoms with Crippen LogP contribution < -0.4 is 4.72 Å². The van der Waals surface area contributed by atoms with Crippen LogP contribution in [-0.2, 0) is 17.1 Å². The summed E-state index contributed by atoms with van der Waals surface area (Å²) in [5.74, 6) is 0. The smallest absolute Gasteiger partial charge is 0.283 e. The Bertz CT molecular complexity index is 726. The van der Waals surface area contributed by atoms with Gasteiger partial charge in [-0.2, -0.15) is 13.7 Å². The Balaban J connectivity index is 2.40. The minimum atomic E-state index is -3.88. The molecule has 0 aliphatic carbocycles. The second-order valence-corrected chi connectivity index (χ2v) is 6.20. The first-order chi connectivity index (χ1) is 8.45. The lowest BCUT2D eigenvalue weighted by Gasteiger charge is -2.04. The average Bonchev–Trinajstić information content (AvgIpc) is 2.87. The van der Waals surface area contributed by atoms with Gasteiger partial charge >= 0.3 is 0 Å². The Morgan fingerprint density at radius 2 is 2.33 bits per heavy atom. The van der Waals surface area contributed by atoms with Gasteiger partial charge in [0.15, 0.2) is 0 Å². The Kier molecular flexibility index (Phi) is 3.30. The van der Waals surface area contributed by atoms with Gasteiger partial charge in [-0.15, -0.1) is 11.3 Å². The third-order valence-electron chi connectivity index (χ3n) is 2.10. The van der Waals surface area contributed by atoms with Gasteiger partial charge in [-0.05, 0) is 11.4 Å². The highest BCUT2D eigenvalue weighted by molar-refractivity contribution is 7.93. The molecule has 2 rings (SSSR count). The lowest BCUT2D eigenvalue weighted by molar-refractivity contribution is 0.598. The van der Waals surface area contributed by atoms with Crippen molar-refractivity contribution in [3.05, 3.63) is 28.5 Å². The number of aryl methyl sites for hydroxylation is 1. The molecule has 94 valence electrons. The molecule has 6 nitrogen and oxygen atoms in total. The standard InChI is InChI=1S/C9H7ClN4O2S2/c1-14-5-12-9(7(14)10)18(15,16)13-8-6(4-11)2-3-17-8/h2-3,5,13H,1H3. The lowest BCUT2D eigenvalue weighted by atomic mass is 10.4. The molecule has 0 spiro atoms. The number of halogens is 1. The molecule has 2 heterocycles. The first-order valence-corrected chi connectivity index (χ1v) is 7.37. The maximum absolute atomic E-state index is 12.0. The molecular weight excluding hydrogens is 296 g/mol. The predicted octanol–water partition coefficient (Wildman–Crippen LogP) is 1.81. The van der Waals surface area contributed by atoms with Crippen LogP contribution in [0.25, 0.3) is 0 Å². The first-order valence-electron chi connectivity index (χ1n) is 4.63. The molecule has 0 aliphatic heterocycles. The van der Waals surface area contributed by atoms with E-state index < -0.39 is 10.0 Å². The number of sulfonamides is 1. The molecule has 1 N–H and O–H groups in total. The maximum atomic E-state index is 12.0. The van der Waals surface area contributed by atoms with E-state index in [0.717, 1.165) is 11.3 Å². The van der Waals surface area contributed by atoms with Crippen molar-refractivity contribution in [1.82, 2.24) is 9.55 Å². The molecular formula is C9H7ClN4O2S2. The number of nitrogens with one attached hydrogen (secondary N) is 1. The van der Waals surface area contributed by atoms with E-state index in [1.54, 1.807) is 12.4 Å². The van der Waals surface area contributed by atoms with E-state index in [0.29, 0.717) is 0 Å². The number of hydrogen-bond acceptors (Lipinski definition) is 5. The largest absolute Gasteiger partial charge is 0.324 e. The van der Waals surface area contributed by atoms with Crippen LogP contribution in [0.4, 0.5) is 5.00 Å². The first kappa shape index (κ1) is 12.9. The summed E-state index contributed by atoms with van der Waals surface area (Å²) in [4.78, 5) is 3.73. The van der Waals surface area contributed by atoms with E-state index in [4.69, 9.17) is 16.9 Å². The van der Waals surface area contributed by atoms with E-state index in [9.17, 15) is 8.42 Å². The number of nitriles is 1. The van der Waals surface area contributed by atoms with Crippen molar-refractivity contribution in [3.63, 3.8) is 0 Å². The molecule has 0 unspecified atom stereocenters. The minimum absolute atomic E-state index is 0.0116. The van der Waals surface area contributed by atoms with E-state index in [1.807, 2.05) is 6.07 Å². The Labute approximate surface area is 113 Å². The number of anilines is 1. The number of hydrogen-bond donors (Lipinski definition) is 1. The maximum Gasteiger partial charge on any atom is 0.283 e. The number of aromatic nitrogens is 2. The molecule has 0 amide bonds. The number of nitrogens with zero attached hydrogens (tertiary/aromatic N) is 3. The van der Waals surface area contributed by atoms with Gasteiger partial charge in [-0.3, -0.25) is 4.72 Å². The van der Waals surface area contributed by atoms with E-state index >= 15 is 0 Å². The summed E-state index contributed by atoms with van der Waals surface area (Å²) in [7, 11) is -2.30. The normalized spacial score (nSPS) is 11.2. The zero-order valence-electron chi connectivity index (χ0n) is 9.08. The molecule has 2 aromatic rings. The third kappa shape index (κ3) is 2.20. The zero-order chi connectivity index (χ0) is 13.3. The van der Waals surface area contributed by atoms with E-state index in [-0.39, 0.29) is 20.7 Å². The van der Waals surface area contributed by atoms with Crippen LogP contribution in [0.5, 0.6) is 0 Å². The van der Waals surface area contributed by atoms with Gasteiger partial charge in [0.1, 0.15) is 16.2 Å². The molecule has 18 heavy (non-hydrogen) atoms. The van der Waals surface area contributed by atoms with Crippen LogP contribution in [0.1, 0.15) is 5.56 Å². The van der Waals surface area contributed by atoms with Gasteiger partial charge in [0.2, 0.25) is 5.03 Å². The Morgan fingerprint density at radius 1 is 1.61 bits per heavy atom. The molecule has 0 saturated carbocycles. The van der Waals surface area contributed by atoms with Crippen molar-refractivity contribution >= 4 is 38.0 Å². The van der Waals surface area contributed by atoms with Crippen LogP contribution >= 0.6 is 22.9 Å². The van der Waals surface area contributed by atoms with Gasteiger partial charge in [0.05, 0.1) is 11.9 Å². The summed E-state index contributed by atoms with van der Waals surface area (Å²) in [6, 6.07) is 3.42. The molecule has 2 aromatic heterocycles. The molecule has 0 atom stereocenters. The fourth-order valence-electron chi connectivity index (χ4n) is 1.22. The van der Waals surface area contributed by atoms with Crippen LogP contribution in [0.15, 0.2) is 22.8 Å².